The molecule has 2 aliphatic heterocycles. The maximum absolute atomic E-state index is 13.4. The van der Waals surface area contributed by atoms with Gasteiger partial charge < -0.3 is 14.8 Å². The second-order valence-corrected chi connectivity index (χ2v) is 8.30. The first-order chi connectivity index (χ1) is 15.7. The summed E-state index contributed by atoms with van der Waals surface area (Å²) in [4.78, 5) is 34.6. The first kappa shape index (κ1) is 24.8. The minimum absolute atomic E-state index is 0.0339. The van der Waals surface area contributed by atoms with E-state index >= 15 is 0 Å². The van der Waals surface area contributed by atoms with Crippen molar-refractivity contribution in [2.75, 3.05) is 32.6 Å². The predicted molar refractivity (Wildman–Crippen MR) is 119 cm³/mol. The summed E-state index contributed by atoms with van der Waals surface area (Å²) in [6, 6.07) is 4.60. The Morgan fingerprint density at radius 1 is 1.30 bits per heavy atom. The molecule has 1 N–H and O–H groups in total. The van der Waals surface area contributed by atoms with Gasteiger partial charge in [-0.05, 0) is 25.5 Å². The fourth-order valence-electron chi connectivity index (χ4n) is 3.81. The summed E-state index contributed by atoms with van der Waals surface area (Å²) in [7, 11) is 1.18. The van der Waals surface area contributed by atoms with E-state index in [1.807, 2.05) is 0 Å². The monoisotopic (exact) mass is 483 g/mol. The van der Waals surface area contributed by atoms with Gasteiger partial charge in [0.25, 0.3) is 0 Å². The molecule has 33 heavy (non-hydrogen) atoms. The van der Waals surface area contributed by atoms with Crippen LogP contribution in [0.5, 0.6) is 0 Å². The summed E-state index contributed by atoms with van der Waals surface area (Å²) in [5, 5.41) is 3.79. The van der Waals surface area contributed by atoms with Crippen LogP contribution in [-0.4, -0.2) is 55.4 Å². The van der Waals surface area contributed by atoms with Gasteiger partial charge in [0.2, 0.25) is 0 Å². The van der Waals surface area contributed by atoms with Gasteiger partial charge >= 0.3 is 18.1 Å². The van der Waals surface area contributed by atoms with E-state index in [0.29, 0.717) is 29.7 Å². The molecule has 2 aliphatic rings. The van der Waals surface area contributed by atoms with Crippen LogP contribution >= 0.6 is 11.8 Å². The highest BCUT2D eigenvalue weighted by atomic mass is 32.2. The maximum atomic E-state index is 13.4. The molecular weight excluding hydrogens is 459 g/mol. The number of thioether (sulfide) groups is 1. The highest BCUT2D eigenvalue weighted by Gasteiger charge is 2.44. The van der Waals surface area contributed by atoms with Crippen molar-refractivity contribution >= 4 is 34.6 Å². The molecule has 0 saturated heterocycles. The van der Waals surface area contributed by atoms with E-state index in [1.54, 1.807) is 13.8 Å². The van der Waals surface area contributed by atoms with Crippen molar-refractivity contribution in [2.24, 2.45) is 15.9 Å². The zero-order chi connectivity index (χ0) is 24.2. The van der Waals surface area contributed by atoms with Crippen molar-refractivity contribution in [2.45, 2.75) is 25.9 Å². The Labute approximate surface area is 193 Å². The van der Waals surface area contributed by atoms with E-state index in [-0.39, 0.29) is 23.5 Å². The first-order valence-electron chi connectivity index (χ1n) is 10.3. The lowest BCUT2D eigenvalue weighted by Gasteiger charge is -2.32. The van der Waals surface area contributed by atoms with Gasteiger partial charge in [0, 0.05) is 23.9 Å². The van der Waals surface area contributed by atoms with E-state index < -0.39 is 35.5 Å². The minimum Gasteiger partial charge on any atom is -0.466 e. The smallest absolute Gasteiger partial charge is 0.416 e. The fraction of sp³-hybridized carbons (Fsp3) is 0.455. The third kappa shape index (κ3) is 5.58. The Morgan fingerprint density at radius 3 is 2.67 bits per heavy atom. The van der Waals surface area contributed by atoms with Crippen LogP contribution in [0.2, 0.25) is 0 Å². The van der Waals surface area contributed by atoms with E-state index in [9.17, 15) is 22.8 Å². The number of aliphatic imine (C=N–C) groups is 2. The molecule has 0 fully saturated rings. The second kappa shape index (κ2) is 10.4. The standard InChI is InChI=1S/C22H24F3N3O4S/c1-4-32-20(30)16-12(2)28-15(11-33-21-26-8-9-27-21)18(19(29)31-3)17(16)13-6-5-7-14(10-13)22(23,24)25/h5-7,10,16-17H,4,8-9,11H2,1-3H3,(H,26,27). The van der Waals surface area contributed by atoms with Crippen LogP contribution in [0.4, 0.5) is 13.2 Å². The average Bonchev–Trinajstić information content (AvgIpc) is 3.30. The zero-order valence-electron chi connectivity index (χ0n) is 18.4. The van der Waals surface area contributed by atoms with Gasteiger partial charge in [0.1, 0.15) is 5.92 Å². The lowest BCUT2D eigenvalue weighted by atomic mass is 9.75. The van der Waals surface area contributed by atoms with Crippen LogP contribution < -0.4 is 5.32 Å². The van der Waals surface area contributed by atoms with Crippen molar-refractivity contribution in [1.29, 1.82) is 0 Å². The average molecular weight is 484 g/mol. The first-order valence-corrected chi connectivity index (χ1v) is 11.3. The molecule has 3 rings (SSSR count). The van der Waals surface area contributed by atoms with E-state index in [1.165, 1.54) is 31.0 Å². The number of amidine groups is 1. The molecule has 1 aromatic rings. The van der Waals surface area contributed by atoms with Crippen molar-refractivity contribution in [1.82, 2.24) is 5.32 Å². The van der Waals surface area contributed by atoms with Crippen LogP contribution in [-0.2, 0) is 25.2 Å². The fourth-order valence-corrected chi connectivity index (χ4v) is 4.69. The predicted octanol–water partition coefficient (Wildman–Crippen LogP) is 3.56. The van der Waals surface area contributed by atoms with Crippen LogP contribution in [0.1, 0.15) is 30.9 Å². The lowest BCUT2D eigenvalue weighted by Crippen LogP contribution is -2.37. The Kier molecular flexibility index (Phi) is 7.83. The molecule has 2 unspecified atom stereocenters. The number of benzene rings is 1. The van der Waals surface area contributed by atoms with Gasteiger partial charge in [0.05, 0.1) is 37.1 Å². The van der Waals surface area contributed by atoms with Gasteiger partial charge in [-0.3, -0.25) is 14.8 Å². The summed E-state index contributed by atoms with van der Waals surface area (Å²) in [5.74, 6) is -3.34. The number of methoxy groups -OCH3 is 1. The number of esters is 2. The zero-order valence-corrected chi connectivity index (χ0v) is 19.2. The van der Waals surface area contributed by atoms with Gasteiger partial charge in [-0.1, -0.05) is 30.0 Å². The molecule has 2 heterocycles. The third-order valence-electron chi connectivity index (χ3n) is 5.22. The second-order valence-electron chi connectivity index (χ2n) is 7.34. The molecule has 0 bridgehead atoms. The van der Waals surface area contributed by atoms with Gasteiger partial charge in [-0.15, -0.1) is 0 Å². The number of carbonyl (C=O) groups excluding carboxylic acids is 2. The van der Waals surface area contributed by atoms with Gasteiger partial charge in [-0.25, -0.2) is 4.79 Å². The number of alkyl halides is 3. The number of carbonyl (C=O) groups is 2. The molecule has 0 amide bonds. The lowest BCUT2D eigenvalue weighted by molar-refractivity contribution is -0.146. The molecule has 0 radical (unpaired) electrons. The van der Waals surface area contributed by atoms with Crippen LogP contribution in [0, 0.1) is 5.92 Å². The summed E-state index contributed by atoms with van der Waals surface area (Å²) >= 11 is 1.32. The highest BCUT2D eigenvalue weighted by molar-refractivity contribution is 8.14. The molecule has 178 valence electrons. The Bertz CT molecular complexity index is 1020. The Balaban J connectivity index is 2.15. The van der Waals surface area contributed by atoms with Crippen LogP contribution in [0.3, 0.4) is 0 Å². The SMILES string of the molecule is CCOC(=O)C1C(C)=NC(CSC2=NCCN2)=C(C(=O)OC)C1c1cccc(C(F)(F)F)c1. The molecule has 0 saturated carbocycles. The van der Waals surface area contributed by atoms with E-state index in [4.69, 9.17) is 9.47 Å². The topological polar surface area (TPSA) is 89.4 Å². The minimum atomic E-state index is -4.59. The molecule has 1 aromatic carbocycles. The summed E-state index contributed by atoms with van der Waals surface area (Å²) < 4.78 is 50.5. The number of halogens is 3. The number of nitrogens with one attached hydrogen (secondary N) is 1. The molecule has 2 atom stereocenters. The van der Waals surface area contributed by atoms with Gasteiger partial charge in [-0.2, -0.15) is 13.2 Å². The number of nitrogens with zero attached hydrogens (tertiary/aromatic N) is 2. The number of hydrogen-bond donors (Lipinski definition) is 1. The molecule has 7 nitrogen and oxygen atoms in total. The molecular formula is C22H24F3N3O4S. The number of rotatable bonds is 6. The number of hydrogen-bond acceptors (Lipinski definition) is 8. The molecule has 0 spiro atoms. The Hall–Kier alpha value is -2.82. The molecule has 0 aliphatic carbocycles. The summed E-state index contributed by atoms with van der Waals surface area (Å²) in [6.07, 6.45) is -4.59. The van der Waals surface area contributed by atoms with Gasteiger partial charge in [0.15, 0.2) is 5.17 Å². The van der Waals surface area contributed by atoms with E-state index in [0.717, 1.165) is 12.1 Å². The van der Waals surface area contributed by atoms with Crippen LogP contribution in [0.25, 0.3) is 0 Å². The maximum Gasteiger partial charge on any atom is 0.416 e. The number of ether oxygens (including phenoxy) is 2. The molecule has 0 aromatic heterocycles. The van der Waals surface area contributed by atoms with E-state index in [2.05, 4.69) is 15.3 Å². The third-order valence-corrected chi connectivity index (χ3v) is 6.19. The largest absolute Gasteiger partial charge is 0.466 e. The molecule has 11 heteroatoms. The highest BCUT2D eigenvalue weighted by Crippen LogP contribution is 2.42. The van der Waals surface area contributed by atoms with Crippen molar-refractivity contribution < 1.29 is 32.2 Å². The van der Waals surface area contributed by atoms with Crippen molar-refractivity contribution in [3.8, 4) is 0 Å². The van der Waals surface area contributed by atoms with Crippen LogP contribution in [0.15, 0.2) is 45.5 Å². The van der Waals surface area contributed by atoms with Crippen molar-refractivity contribution in [3.05, 3.63) is 46.7 Å². The van der Waals surface area contributed by atoms with Crippen molar-refractivity contribution in [3.63, 3.8) is 0 Å². The summed E-state index contributed by atoms with van der Waals surface area (Å²) in [5.41, 5.74) is -0.0282. The Morgan fingerprint density at radius 2 is 2.06 bits per heavy atom. The summed E-state index contributed by atoms with van der Waals surface area (Å²) in [6.45, 7) is 4.63. The quantitative estimate of drug-likeness (QED) is 0.623. The normalized spacial score (nSPS) is 20.7.